The van der Waals surface area contributed by atoms with Crippen LogP contribution in [-0.2, 0) is 12.8 Å². The number of ether oxygens (including phenoxy) is 1. The molecule has 0 aromatic heterocycles. The summed E-state index contributed by atoms with van der Waals surface area (Å²) in [5.74, 6) is -1.03. The lowest BCUT2D eigenvalue weighted by molar-refractivity contribution is -0.275. The Kier molecular flexibility index (Phi) is 7.37. The van der Waals surface area contributed by atoms with Crippen LogP contribution >= 0.6 is 0 Å². The van der Waals surface area contributed by atoms with E-state index in [4.69, 9.17) is 0 Å². The number of hydrogen-bond donors (Lipinski definition) is 0. The summed E-state index contributed by atoms with van der Waals surface area (Å²) in [6.45, 7) is 2.21. The maximum atomic E-state index is 14.6. The molecule has 6 heteroatoms. The van der Waals surface area contributed by atoms with E-state index in [0.717, 1.165) is 36.5 Å². The van der Waals surface area contributed by atoms with Crippen LogP contribution in [0.25, 0.3) is 0 Å². The van der Waals surface area contributed by atoms with Crippen molar-refractivity contribution < 1.29 is 26.7 Å². The Bertz CT molecular complexity index is 838. The van der Waals surface area contributed by atoms with E-state index in [9.17, 15) is 22.0 Å². The van der Waals surface area contributed by atoms with Crippen LogP contribution < -0.4 is 4.74 Å². The van der Waals surface area contributed by atoms with E-state index in [0.29, 0.717) is 29.9 Å². The van der Waals surface area contributed by atoms with E-state index >= 15 is 0 Å². The van der Waals surface area contributed by atoms with E-state index in [-0.39, 0.29) is 5.82 Å². The molecule has 0 N–H and O–H groups in total. The quantitative estimate of drug-likeness (QED) is 0.412. The lowest BCUT2D eigenvalue weighted by Gasteiger charge is -2.28. The van der Waals surface area contributed by atoms with Gasteiger partial charge in [0.1, 0.15) is 5.82 Å². The number of alkyl halides is 3. The molecule has 1 nitrogen and oxygen atoms in total. The SMILES string of the molecule is CCCC1CCC(c2ccc(CCc3ccc(OC(F)(F)F)c(F)c3)c(F)c2)CC1. The largest absolute Gasteiger partial charge is 0.573 e. The first-order chi connectivity index (χ1) is 14.2. The van der Waals surface area contributed by atoms with Crippen LogP contribution in [0.1, 0.15) is 68.1 Å². The minimum absolute atomic E-state index is 0.277. The highest BCUT2D eigenvalue weighted by atomic mass is 19.4. The maximum absolute atomic E-state index is 14.6. The summed E-state index contributed by atoms with van der Waals surface area (Å²) in [6.07, 6.45) is 2.77. The first kappa shape index (κ1) is 22.6. The molecule has 1 aliphatic rings. The van der Waals surface area contributed by atoms with Crippen LogP contribution in [0.15, 0.2) is 36.4 Å². The second-order valence-electron chi connectivity index (χ2n) is 8.17. The van der Waals surface area contributed by atoms with Gasteiger partial charge < -0.3 is 4.74 Å². The average molecular weight is 426 g/mol. The summed E-state index contributed by atoms with van der Waals surface area (Å²) in [6, 6.07) is 8.69. The zero-order chi connectivity index (χ0) is 21.7. The Hall–Kier alpha value is -2.11. The van der Waals surface area contributed by atoms with Crippen molar-refractivity contribution in [1.29, 1.82) is 0 Å². The molecule has 1 saturated carbocycles. The van der Waals surface area contributed by atoms with Gasteiger partial charge >= 0.3 is 6.36 Å². The zero-order valence-corrected chi connectivity index (χ0v) is 17.1. The van der Waals surface area contributed by atoms with Crippen LogP contribution in [0.5, 0.6) is 5.75 Å². The van der Waals surface area contributed by atoms with Crippen LogP contribution in [0.3, 0.4) is 0 Å². The third-order valence-corrected chi connectivity index (χ3v) is 6.00. The third-order valence-electron chi connectivity index (χ3n) is 6.00. The smallest absolute Gasteiger partial charge is 0.403 e. The second kappa shape index (κ2) is 9.80. The van der Waals surface area contributed by atoms with E-state index in [2.05, 4.69) is 11.7 Å². The maximum Gasteiger partial charge on any atom is 0.573 e. The van der Waals surface area contributed by atoms with Crippen molar-refractivity contribution in [3.63, 3.8) is 0 Å². The topological polar surface area (TPSA) is 9.23 Å². The van der Waals surface area contributed by atoms with Crippen molar-refractivity contribution in [3.05, 3.63) is 64.7 Å². The lowest BCUT2D eigenvalue weighted by Crippen LogP contribution is -2.18. The van der Waals surface area contributed by atoms with Crippen molar-refractivity contribution in [1.82, 2.24) is 0 Å². The highest BCUT2D eigenvalue weighted by molar-refractivity contribution is 5.32. The average Bonchev–Trinajstić information content (AvgIpc) is 2.69. The van der Waals surface area contributed by atoms with E-state index in [1.54, 1.807) is 12.1 Å². The van der Waals surface area contributed by atoms with Gasteiger partial charge in [-0.25, -0.2) is 8.78 Å². The van der Waals surface area contributed by atoms with Crippen molar-refractivity contribution in [2.75, 3.05) is 0 Å². The molecule has 0 atom stereocenters. The van der Waals surface area contributed by atoms with Gasteiger partial charge in [-0.05, 0) is 85.3 Å². The van der Waals surface area contributed by atoms with Gasteiger partial charge in [0.15, 0.2) is 11.6 Å². The van der Waals surface area contributed by atoms with Crippen LogP contribution in [0.2, 0.25) is 0 Å². The highest BCUT2D eigenvalue weighted by Crippen LogP contribution is 2.38. The number of benzene rings is 2. The Labute approximate surface area is 174 Å². The first-order valence-corrected chi connectivity index (χ1v) is 10.6. The molecule has 0 spiro atoms. The summed E-state index contributed by atoms with van der Waals surface area (Å²) >= 11 is 0. The summed E-state index contributed by atoms with van der Waals surface area (Å²) in [5.41, 5.74) is 2.04. The molecule has 3 rings (SSSR count). The molecule has 164 valence electrons. The molecule has 2 aromatic carbocycles. The van der Waals surface area contributed by atoms with Crippen LogP contribution in [0, 0.1) is 17.6 Å². The molecule has 0 saturated heterocycles. The Morgan fingerprint density at radius 1 is 0.900 bits per heavy atom. The van der Waals surface area contributed by atoms with Gasteiger partial charge in [0.05, 0.1) is 0 Å². The summed E-state index contributed by atoms with van der Waals surface area (Å²) in [5, 5.41) is 0. The molecule has 0 heterocycles. The summed E-state index contributed by atoms with van der Waals surface area (Å²) < 4.78 is 68.7. The lowest BCUT2D eigenvalue weighted by atomic mass is 9.77. The van der Waals surface area contributed by atoms with Gasteiger partial charge in [-0.1, -0.05) is 38.0 Å². The number of rotatable bonds is 7. The molecule has 30 heavy (non-hydrogen) atoms. The first-order valence-electron chi connectivity index (χ1n) is 10.6. The van der Waals surface area contributed by atoms with Gasteiger partial charge in [-0.15, -0.1) is 13.2 Å². The predicted molar refractivity (Wildman–Crippen MR) is 106 cm³/mol. The van der Waals surface area contributed by atoms with Crippen molar-refractivity contribution in [2.24, 2.45) is 5.92 Å². The number of hydrogen-bond acceptors (Lipinski definition) is 1. The van der Waals surface area contributed by atoms with Crippen molar-refractivity contribution >= 4 is 0 Å². The van der Waals surface area contributed by atoms with Crippen LogP contribution in [0.4, 0.5) is 22.0 Å². The Morgan fingerprint density at radius 2 is 1.63 bits per heavy atom. The molecule has 0 bridgehead atoms. The monoisotopic (exact) mass is 426 g/mol. The Morgan fingerprint density at radius 3 is 2.23 bits per heavy atom. The van der Waals surface area contributed by atoms with Gasteiger partial charge in [-0.3, -0.25) is 0 Å². The number of aryl methyl sites for hydroxylation is 2. The fourth-order valence-corrected chi connectivity index (χ4v) is 4.40. The van der Waals surface area contributed by atoms with Crippen LogP contribution in [-0.4, -0.2) is 6.36 Å². The standard InChI is InChI=1S/C24H27F5O/c1-2-3-16-4-8-18(9-5-16)20-12-11-19(21(25)15-20)10-6-17-7-13-23(22(26)14-17)30-24(27,28)29/h7,11-16,18H,2-6,8-10H2,1H3. The van der Waals surface area contributed by atoms with Crippen molar-refractivity contribution in [3.8, 4) is 5.75 Å². The van der Waals surface area contributed by atoms with Crippen molar-refractivity contribution in [2.45, 2.75) is 70.6 Å². The zero-order valence-electron chi connectivity index (χ0n) is 17.1. The second-order valence-corrected chi connectivity index (χ2v) is 8.17. The van der Waals surface area contributed by atoms with Gasteiger partial charge in [0.2, 0.25) is 0 Å². The molecule has 1 fully saturated rings. The molecule has 2 aromatic rings. The summed E-state index contributed by atoms with van der Waals surface area (Å²) in [4.78, 5) is 0. The minimum atomic E-state index is -4.94. The molecule has 0 unspecified atom stereocenters. The molecule has 0 amide bonds. The Balaban J connectivity index is 1.58. The third kappa shape index (κ3) is 6.19. The van der Waals surface area contributed by atoms with E-state index in [1.807, 2.05) is 6.07 Å². The fraction of sp³-hybridized carbons (Fsp3) is 0.500. The highest BCUT2D eigenvalue weighted by Gasteiger charge is 2.32. The molecule has 1 aliphatic carbocycles. The molecule has 0 radical (unpaired) electrons. The van der Waals surface area contributed by atoms with Gasteiger partial charge in [-0.2, -0.15) is 0 Å². The van der Waals surface area contributed by atoms with E-state index < -0.39 is 17.9 Å². The van der Waals surface area contributed by atoms with E-state index in [1.165, 1.54) is 31.7 Å². The molecular formula is C24H27F5O. The summed E-state index contributed by atoms with van der Waals surface area (Å²) in [7, 11) is 0. The molecular weight excluding hydrogens is 399 g/mol. The van der Waals surface area contributed by atoms with Gasteiger partial charge in [0.25, 0.3) is 0 Å². The molecule has 0 aliphatic heterocycles. The minimum Gasteiger partial charge on any atom is -0.403 e. The fourth-order valence-electron chi connectivity index (χ4n) is 4.40. The predicted octanol–water partition coefficient (Wildman–Crippen LogP) is 7.72. The normalized spacial score (nSPS) is 19.7. The number of halogens is 5. The van der Waals surface area contributed by atoms with Gasteiger partial charge in [0, 0.05) is 0 Å².